The molecule has 1 N–H and O–H groups in total. The number of aryl methyl sites for hydroxylation is 2. The van der Waals surface area contributed by atoms with E-state index in [1.54, 1.807) is 32.4 Å². The molecule has 0 saturated carbocycles. The predicted molar refractivity (Wildman–Crippen MR) is 122 cm³/mol. The summed E-state index contributed by atoms with van der Waals surface area (Å²) in [5.41, 5.74) is 4.41. The SMILES string of the molecule is CCc1cccc(Nc2nc3cc(Oc4ccnc(C(=O)N(C)C)c4)ccc3n2C)c1. The molecule has 0 aliphatic carbocycles. The van der Waals surface area contributed by atoms with E-state index in [1.807, 2.05) is 41.9 Å². The van der Waals surface area contributed by atoms with E-state index < -0.39 is 0 Å². The van der Waals surface area contributed by atoms with Gasteiger partial charge in [-0.05, 0) is 42.3 Å². The van der Waals surface area contributed by atoms with Gasteiger partial charge in [-0.3, -0.25) is 9.78 Å². The van der Waals surface area contributed by atoms with Crippen molar-refractivity contribution in [3.63, 3.8) is 0 Å². The summed E-state index contributed by atoms with van der Waals surface area (Å²) in [5.74, 6) is 1.77. The molecule has 1 amide bonds. The molecule has 7 nitrogen and oxygen atoms in total. The Morgan fingerprint density at radius 2 is 1.90 bits per heavy atom. The normalized spacial score (nSPS) is 10.8. The lowest BCUT2D eigenvalue weighted by atomic mass is 10.1. The molecular weight excluding hydrogens is 390 g/mol. The van der Waals surface area contributed by atoms with Gasteiger partial charge in [0, 0.05) is 45.2 Å². The zero-order valence-corrected chi connectivity index (χ0v) is 18.1. The second-order valence-electron chi connectivity index (χ2n) is 7.50. The number of pyridine rings is 1. The smallest absolute Gasteiger partial charge is 0.272 e. The van der Waals surface area contributed by atoms with Crippen LogP contribution in [0.4, 0.5) is 11.6 Å². The molecule has 158 valence electrons. The van der Waals surface area contributed by atoms with Gasteiger partial charge >= 0.3 is 0 Å². The second-order valence-corrected chi connectivity index (χ2v) is 7.50. The van der Waals surface area contributed by atoms with Crippen molar-refractivity contribution in [2.24, 2.45) is 7.05 Å². The quantitative estimate of drug-likeness (QED) is 0.491. The van der Waals surface area contributed by atoms with E-state index in [0.717, 1.165) is 29.1 Å². The van der Waals surface area contributed by atoms with Gasteiger partial charge in [0.1, 0.15) is 17.2 Å². The topological polar surface area (TPSA) is 72.3 Å². The van der Waals surface area contributed by atoms with E-state index in [-0.39, 0.29) is 5.91 Å². The summed E-state index contributed by atoms with van der Waals surface area (Å²) in [7, 11) is 5.36. The molecule has 0 spiro atoms. The third kappa shape index (κ3) is 4.35. The summed E-state index contributed by atoms with van der Waals surface area (Å²) in [5, 5.41) is 3.40. The zero-order chi connectivity index (χ0) is 22.0. The van der Waals surface area contributed by atoms with E-state index in [2.05, 4.69) is 29.4 Å². The van der Waals surface area contributed by atoms with Crippen LogP contribution in [0.5, 0.6) is 11.5 Å². The summed E-state index contributed by atoms with van der Waals surface area (Å²) in [6, 6.07) is 17.4. The van der Waals surface area contributed by atoms with Gasteiger partial charge in [0.05, 0.1) is 11.0 Å². The Morgan fingerprint density at radius 3 is 2.68 bits per heavy atom. The van der Waals surface area contributed by atoms with E-state index in [1.165, 1.54) is 10.5 Å². The lowest BCUT2D eigenvalue weighted by molar-refractivity contribution is 0.0821. The standard InChI is InChI=1S/C24H25N5O2/c1-5-16-7-6-8-17(13-16)26-24-27-20-14-18(9-10-22(20)29(24)4)31-19-11-12-25-21(15-19)23(30)28(2)3/h6-15H,5H2,1-4H3,(H,26,27). The Bertz CT molecular complexity index is 1250. The number of amides is 1. The summed E-state index contributed by atoms with van der Waals surface area (Å²) < 4.78 is 7.99. The van der Waals surface area contributed by atoms with Crippen LogP contribution in [0.25, 0.3) is 11.0 Å². The highest BCUT2D eigenvalue weighted by atomic mass is 16.5. The van der Waals surface area contributed by atoms with Crippen molar-refractivity contribution >= 4 is 28.6 Å². The maximum absolute atomic E-state index is 12.1. The first-order valence-electron chi connectivity index (χ1n) is 10.1. The zero-order valence-electron chi connectivity index (χ0n) is 18.1. The molecule has 0 aliphatic heterocycles. The molecule has 0 radical (unpaired) electrons. The van der Waals surface area contributed by atoms with E-state index >= 15 is 0 Å². The molecule has 2 aromatic carbocycles. The molecule has 7 heteroatoms. The highest BCUT2D eigenvalue weighted by Crippen LogP contribution is 2.28. The van der Waals surface area contributed by atoms with Crippen LogP contribution in [0, 0.1) is 0 Å². The van der Waals surface area contributed by atoms with Gasteiger partial charge < -0.3 is 19.5 Å². The minimum atomic E-state index is -0.173. The Morgan fingerprint density at radius 1 is 1.10 bits per heavy atom. The highest BCUT2D eigenvalue weighted by molar-refractivity contribution is 5.92. The van der Waals surface area contributed by atoms with Gasteiger partial charge in [-0.15, -0.1) is 0 Å². The Hall–Kier alpha value is -3.87. The van der Waals surface area contributed by atoms with Gasteiger partial charge in [0.15, 0.2) is 0 Å². The van der Waals surface area contributed by atoms with Gasteiger partial charge in [0.25, 0.3) is 5.91 Å². The molecule has 0 unspecified atom stereocenters. The lowest BCUT2D eigenvalue weighted by Crippen LogP contribution is -2.22. The van der Waals surface area contributed by atoms with Crippen LogP contribution >= 0.6 is 0 Å². The monoisotopic (exact) mass is 415 g/mol. The van der Waals surface area contributed by atoms with Crippen LogP contribution in [0.1, 0.15) is 23.0 Å². The molecule has 0 aliphatic rings. The first-order valence-corrected chi connectivity index (χ1v) is 10.1. The van der Waals surface area contributed by atoms with Gasteiger partial charge in [-0.2, -0.15) is 0 Å². The summed E-state index contributed by atoms with van der Waals surface area (Å²) in [6.45, 7) is 2.14. The highest BCUT2D eigenvalue weighted by Gasteiger charge is 2.12. The maximum atomic E-state index is 12.1. The van der Waals surface area contributed by atoms with Crippen LogP contribution in [-0.2, 0) is 13.5 Å². The molecule has 31 heavy (non-hydrogen) atoms. The number of nitrogens with one attached hydrogen (secondary N) is 1. The number of hydrogen-bond donors (Lipinski definition) is 1. The molecule has 2 aromatic heterocycles. The minimum Gasteiger partial charge on any atom is -0.457 e. The number of nitrogens with zero attached hydrogens (tertiary/aromatic N) is 4. The average molecular weight is 415 g/mol. The van der Waals surface area contributed by atoms with Crippen molar-refractivity contribution in [3.05, 3.63) is 72.1 Å². The number of imidazole rings is 1. The molecular formula is C24H25N5O2. The summed E-state index contributed by atoms with van der Waals surface area (Å²) in [4.78, 5) is 22.5. The Balaban J connectivity index is 1.59. The fourth-order valence-electron chi connectivity index (χ4n) is 3.31. The largest absolute Gasteiger partial charge is 0.457 e. The molecule has 2 heterocycles. The predicted octanol–water partition coefficient (Wildman–Crippen LogP) is 4.77. The van der Waals surface area contributed by atoms with E-state index in [9.17, 15) is 4.79 Å². The lowest BCUT2D eigenvalue weighted by Gasteiger charge is -2.11. The summed E-state index contributed by atoms with van der Waals surface area (Å²) >= 11 is 0. The third-order valence-electron chi connectivity index (χ3n) is 5.04. The van der Waals surface area contributed by atoms with Crippen LogP contribution < -0.4 is 10.1 Å². The van der Waals surface area contributed by atoms with E-state index in [4.69, 9.17) is 9.72 Å². The number of aromatic nitrogens is 3. The third-order valence-corrected chi connectivity index (χ3v) is 5.04. The number of ether oxygens (including phenoxy) is 1. The van der Waals surface area contributed by atoms with Crippen molar-refractivity contribution in [1.82, 2.24) is 19.4 Å². The first kappa shape index (κ1) is 20.4. The fraction of sp³-hybridized carbons (Fsp3) is 0.208. The molecule has 0 fully saturated rings. The van der Waals surface area contributed by atoms with Crippen LogP contribution in [0.2, 0.25) is 0 Å². The van der Waals surface area contributed by atoms with Crippen molar-refractivity contribution in [3.8, 4) is 11.5 Å². The number of anilines is 2. The van der Waals surface area contributed by atoms with Crippen LogP contribution in [0.3, 0.4) is 0 Å². The second kappa shape index (κ2) is 8.47. The Kier molecular flexibility index (Phi) is 5.58. The van der Waals surface area contributed by atoms with Gasteiger partial charge in [-0.25, -0.2) is 4.98 Å². The van der Waals surface area contributed by atoms with E-state index in [0.29, 0.717) is 17.2 Å². The number of fused-ring (bicyclic) bond motifs is 1. The molecule has 4 aromatic rings. The fourth-order valence-corrected chi connectivity index (χ4v) is 3.31. The molecule has 0 atom stereocenters. The van der Waals surface area contributed by atoms with Crippen molar-refractivity contribution in [2.75, 3.05) is 19.4 Å². The van der Waals surface area contributed by atoms with Crippen molar-refractivity contribution < 1.29 is 9.53 Å². The first-order chi connectivity index (χ1) is 14.9. The summed E-state index contributed by atoms with van der Waals surface area (Å²) in [6.07, 6.45) is 2.55. The van der Waals surface area contributed by atoms with Crippen LogP contribution in [0.15, 0.2) is 60.8 Å². The molecule has 0 bridgehead atoms. The molecule has 0 saturated heterocycles. The van der Waals surface area contributed by atoms with Crippen molar-refractivity contribution in [1.29, 1.82) is 0 Å². The number of carbonyl (C=O) groups is 1. The number of carbonyl (C=O) groups excluding carboxylic acids is 1. The maximum Gasteiger partial charge on any atom is 0.272 e. The van der Waals surface area contributed by atoms with Gasteiger partial charge in [-0.1, -0.05) is 19.1 Å². The average Bonchev–Trinajstić information content (AvgIpc) is 3.08. The minimum absolute atomic E-state index is 0.173. The van der Waals surface area contributed by atoms with Crippen LogP contribution in [-0.4, -0.2) is 39.4 Å². The van der Waals surface area contributed by atoms with Gasteiger partial charge in [0.2, 0.25) is 5.95 Å². The molecule has 4 rings (SSSR count). The number of hydrogen-bond acceptors (Lipinski definition) is 5. The Labute approximate surface area is 181 Å². The number of rotatable bonds is 6. The van der Waals surface area contributed by atoms with Crippen molar-refractivity contribution in [2.45, 2.75) is 13.3 Å². The number of benzene rings is 2.